The number of alkyl carbamates (subject to hydrolysis) is 2. The molecule has 1 heterocycles. The summed E-state index contributed by atoms with van der Waals surface area (Å²) in [4.78, 5) is 106. The van der Waals surface area contributed by atoms with Crippen LogP contribution in [0, 0.1) is 0 Å². The number of rotatable bonds is 43. The number of nitrogens with zero attached hydrogens (tertiary/aromatic N) is 1. The van der Waals surface area contributed by atoms with Crippen molar-refractivity contribution in [2.24, 2.45) is 0 Å². The first kappa shape index (κ1) is 138. The van der Waals surface area contributed by atoms with Crippen LogP contribution in [0.1, 0.15) is 164 Å². The van der Waals surface area contributed by atoms with E-state index in [0.29, 0.717) is 54.4 Å². The summed E-state index contributed by atoms with van der Waals surface area (Å²) < 4.78 is 190. The maximum atomic E-state index is 11.8. The zero-order chi connectivity index (χ0) is 90.8. The molecule has 0 unspecified atom stereocenters. The van der Waals surface area contributed by atoms with Crippen LogP contribution in [0.2, 0.25) is 0 Å². The number of sulfonamides is 6. The number of carbonyl (C=O) groups is 9. The molecule has 1 fully saturated rings. The van der Waals surface area contributed by atoms with E-state index in [-0.39, 0.29) is 149 Å². The van der Waals surface area contributed by atoms with Gasteiger partial charge in [-0.25, -0.2) is 121 Å². The molecule has 1 aliphatic rings. The van der Waals surface area contributed by atoms with E-state index in [1.807, 2.05) is 6.08 Å². The number of esters is 3. The maximum absolute atomic E-state index is 11.8. The Kier molecular flexibility index (Phi) is 83.1. The number of ether oxygens (including phenoxy) is 5. The van der Waals surface area contributed by atoms with Gasteiger partial charge in [0.2, 0.25) is 69.2 Å². The third kappa shape index (κ3) is 109. The van der Waals surface area contributed by atoms with E-state index >= 15 is 0 Å². The fourth-order valence-electron chi connectivity index (χ4n) is 7.29. The average Bonchev–Trinajstić information content (AvgIpc) is 1.73. The van der Waals surface area contributed by atoms with Crippen molar-refractivity contribution in [2.45, 2.75) is 175 Å². The van der Waals surface area contributed by atoms with Gasteiger partial charge in [0.1, 0.15) is 11.2 Å². The molecule has 0 aromatic heterocycles. The number of carboxylic acids is 1. The summed E-state index contributed by atoms with van der Waals surface area (Å²) in [6.07, 6.45) is 31.4. The number of hydrogen-bond acceptors (Lipinski definition) is 30. The Balaban J connectivity index is -0.000000138. The number of aliphatic carboxylic acids is 1. The second kappa shape index (κ2) is 73.3. The van der Waals surface area contributed by atoms with Gasteiger partial charge in [0.25, 0.3) is 11.8 Å². The quantitative estimate of drug-likeness (QED) is 0.00803. The molecule has 49 heteroatoms. The van der Waals surface area contributed by atoms with Crippen LogP contribution in [0.5, 0.6) is 0 Å². The number of halogens is 1. The van der Waals surface area contributed by atoms with E-state index in [2.05, 4.69) is 68.3 Å². The molecule has 0 aromatic rings. The molecular weight excluding hydrogens is 1780 g/mol. The predicted octanol–water partition coefficient (Wildman–Crippen LogP) is 3.40. The number of carbonyl (C=O) groups excluding carboxylic acids is 8. The Labute approximate surface area is 752 Å². The molecule has 708 valence electrons. The summed E-state index contributed by atoms with van der Waals surface area (Å²) in [6, 6.07) is 0. The minimum absolute atomic E-state index is 0. The van der Waals surface area contributed by atoms with Gasteiger partial charge < -0.3 is 49.7 Å². The van der Waals surface area contributed by atoms with Gasteiger partial charge in [0.15, 0.2) is 0 Å². The zero-order valence-electron chi connectivity index (χ0n) is 70.2. The van der Waals surface area contributed by atoms with Crippen LogP contribution >= 0.6 is 10.7 Å². The van der Waals surface area contributed by atoms with Gasteiger partial charge in [-0.1, -0.05) is 133 Å². The third-order valence-corrected chi connectivity index (χ3v) is 16.2. The van der Waals surface area contributed by atoms with E-state index in [4.69, 9.17) is 28.8 Å². The summed E-state index contributed by atoms with van der Waals surface area (Å²) in [5, 5.41) is 14.2. The first-order chi connectivity index (χ1) is 53.0. The molecular formula is C73H135ClN9NaO31S7. The topological polar surface area (TPSA) is 598 Å². The minimum Gasteiger partial charge on any atom is -0.870 e. The number of allylic oxidation sites excluding steroid dienone is 11. The molecule has 0 aromatic carbocycles. The molecule has 1 rings (SSSR count). The van der Waals surface area contributed by atoms with Crippen molar-refractivity contribution < 1.29 is 171 Å². The van der Waals surface area contributed by atoms with Crippen molar-refractivity contribution in [3.05, 3.63) is 119 Å². The standard InChI is InChI=1S/C20H34N2O6.C14H21N3O8S2.C12H22N2O6S2.C12H20O2.C10H18N2O6S2.CH3ClO2S.4CH4.Na.H2O/c1-8-26-16(23)11-9-10-15(14-22-18(25)28-20(5,6)7)12-13-21-17(24)27-19(2,3)4;1-26(21,22)15-9-8-11(10-16-27(2,23)24)4-3-5-14(20)25-17-12(18)6-7-13(17)19;1-4-20-12(15)7-5-6-11(10-14-22(3,18)19)8-9-13-21(2,16)17;1-4-8-11(5-2)9-7-10-12(13)14-6-3;1-19(15,16)11-7-6-9(4-3-5-10(13)14)8-12-20(2,17)18;1-5(2,3)4;;;;;;/h9-11H,8,12-14H2,1-7H3,(H,21,24)(H,22,25);3-5,15-16H,6-10H2,1-2H3;5-7,13-14H,4,8-10H2,1-3H3;7,9-10H,4-6,8H2,1-3H3;3-5,11-12H,6-8H2,1-2H3,(H,13,14);1H3;4*1H4;;1H2/q;;;;;;;;;;+1;/p-1/b11-9+,15-10+;5-3+,11-4+;7-5+,11-6+;10-7+,11-9-;5-3+,9-4+;;;;;;;. The molecule has 40 nitrogen and oxygen atoms in total. The van der Waals surface area contributed by atoms with Crippen molar-refractivity contribution in [3.63, 3.8) is 0 Å². The van der Waals surface area contributed by atoms with Crippen LogP contribution in [-0.2, 0) is 131 Å². The molecule has 1 aliphatic heterocycles. The second-order valence-electron chi connectivity index (χ2n) is 25.9. The maximum Gasteiger partial charge on any atom is 1.00 e. The normalized spacial score (nSPS) is 13.0. The SMILES string of the molecule is C.C.C.C.CCC/C(=C\C=C\C(=O)OCC)CC.CCOC(=O)/C=C/C=C(\CCNC(=O)OC(C)(C)C)CNC(=O)OC(C)(C)C.CCOC(=O)/C=C/C=C(\CCNS(C)(=O)=O)CNS(C)(=O)=O.CS(=O)(=O)Cl.CS(=O)(=O)NCC/C(=C\C=C\C(=O)O)CNS(C)(=O)=O.CS(=O)(=O)NCC/C(=C\C=C\C(=O)ON1C(=O)CCC1=O)CNS(C)(=O)=O.[Na+].[OH-]. The van der Waals surface area contributed by atoms with Crippen LogP contribution in [-0.4, -0.2) is 256 Å². The van der Waals surface area contributed by atoms with E-state index in [1.165, 1.54) is 60.3 Å². The van der Waals surface area contributed by atoms with Crippen LogP contribution in [0.3, 0.4) is 0 Å². The number of hydrogen-bond donors (Lipinski definition) is 9. The summed E-state index contributed by atoms with van der Waals surface area (Å²) in [5.74, 6) is -4.54. The molecule has 4 amide bonds. The Bertz CT molecular complexity index is 4300. The van der Waals surface area contributed by atoms with Gasteiger partial charge >= 0.3 is 71.6 Å². The first-order valence-electron chi connectivity index (χ1n) is 35.1. The largest absolute Gasteiger partial charge is 1.00 e. The molecule has 1 saturated heterocycles. The summed E-state index contributed by atoms with van der Waals surface area (Å²) in [5.41, 5.74) is 2.61. The molecule has 0 atom stereocenters. The first-order valence-corrected chi connectivity index (χ1v) is 49.2. The van der Waals surface area contributed by atoms with E-state index in [9.17, 15) is 102 Å². The average molecular weight is 1920 g/mol. The number of hydroxylamine groups is 2. The molecule has 0 bridgehead atoms. The summed E-state index contributed by atoms with van der Waals surface area (Å²) in [6.45, 7) is 21.8. The number of amides is 4. The van der Waals surface area contributed by atoms with Gasteiger partial charge in [-0.3, -0.25) is 9.59 Å². The van der Waals surface area contributed by atoms with Gasteiger partial charge in [0, 0.05) is 106 Å². The van der Waals surface area contributed by atoms with Gasteiger partial charge in [-0.05, 0) is 106 Å². The predicted molar refractivity (Wildman–Crippen MR) is 470 cm³/mol. The van der Waals surface area contributed by atoms with Crippen LogP contribution in [0.15, 0.2) is 119 Å². The molecule has 10 N–H and O–H groups in total. The smallest absolute Gasteiger partial charge is 0.870 e. The van der Waals surface area contributed by atoms with E-state index < -0.39 is 128 Å². The van der Waals surface area contributed by atoms with Crippen molar-refractivity contribution in [1.29, 1.82) is 0 Å². The van der Waals surface area contributed by atoms with Gasteiger partial charge in [0.05, 0.1) is 63.6 Å². The minimum atomic E-state index is -3.47. The van der Waals surface area contributed by atoms with Crippen molar-refractivity contribution in [2.75, 3.05) is 116 Å². The summed E-state index contributed by atoms with van der Waals surface area (Å²) in [7, 11) is -18.9. The zero-order valence-corrected chi connectivity index (χ0v) is 78.7. The molecule has 0 radical (unpaired) electrons. The monoisotopic (exact) mass is 1920 g/mol. The fourth-order valence-corrected chi connectivity index (χ4v) is 10.1. The Hall–Kier alpha value is -6.91. The van der Waals surface area contributed by atoms with Crippen molar-refractivity contribution >= 4 is 134 Å². The van der Waals surface area contributed by atoms with Crippen LogP contribution in [0.25, 0.3) is 0 Å². The Morgan fingerprint density at radius 3 is 0.910 bits per heavy atom. The Morgan fingerprint density at radius 2 is 0.656 bits per heavy atom. The Morgan fingerprint density at radius 1 is 0.402 bits per heavy atom. The van der Waals surface area contributed by atoms with Crippen LogP contribution < -0.4 is 68.5 Å². The number of nitrogens with one attached hydrogen (secondary N) is 8. The summed E-state index contributed by atoms with van der Waals surface area (Å²) >= 11 is 0. The van der Waals surface area contributed by atoms with Crippen molar-refractivity contribution in [1.82, 2.24) is 44.0 Å². The number of carboxylic acid groups (broad SMARTS) is 1. The van der Waals surface area contributed by atoms with Crippen molar-refractivity contribution in [3.8, 4) is 0 Å². The third-order valence-electron chi connectivity index (χ3n) is 12.0. The second-order valence-corrected chi connectivity index (χ2v) is 39.9. The fraction of sp³-hybridized carbons (Fsp3) is 0.603. The molecule has 0 spiro atoms. The molecule has 122 heavy (non-hydrogen) atoms. The van der Waals surface area contributed by atoms with Gasteiger partial charge in [-0.15, -0.1) is 5.06 Å². The number of imide groups is 1. The molecule has 0 saturated carbocycles. The van der Waals surface area contributed by atoms with E-state index in [0.717, 1.165) is 80.8 Å². The van der Waals surface area contributed by atoms with Gasteiger partial charge in [-0.2, -0.15) is 0 Å². The molecule has 0 aliphatic carbocycles. The van der Waals surface area contributed by atoms with Crippen LogP contribution in [0.4, 0.5) is 9.59 Å². The van der Waals surface area contributed by atoms with E-state index in [1.54, 1.807) is 80.5 Å².